The van der Waals surface area contributed by atoms with E-state index in [1.54, 1.807) is 0 Å². The van der Waals surface area contributed by atoms with Crippen molar-refractivity contribution in [1.29, 1.82) is 0 Å². The number of aromatic nitrogens is 1. The lowest BCUT2D eigenvalue weighted by Crippen LogP contribution is -2.46. The molecule has 0 saturated carbocycles. The summed E-state index contributed by atoms with van der Waals surface area (Å²) < 4.78 is 0. The summed E-state index contributed by atoms with van der Waals surface area (Å²) in [6.45, 7) is 7.21. The lowest BCUT2D eigenvalue weighted by atomic mass is 10.1. The molecule has 0 N–H and O–H groups in total. The summed E-state index contributed by atoms with van der Waals surface area (Å²) in [4.78, 5) is 9.49. The highest BCUT2D eigenvalue weighted by molar-refractivity contribution is 6.30. The van der Waals surface area contributed by atoms with Gasteiger partial charge in [-0.15, -0.1) is 0 Å². The fraction of sp³-hybridized carbons (Fsp3) is 0.286. The maximum absolute atomic E-state index is 6.42. The minimum Gasteiger partial charge on any atom is -0.369 e. The van der Waals surface area contributed by atoms with Gasteiger partial charge in [0, 0.05) is 49.4 Å². The van der Waals surface area contributed by atoms with Crippen LogP contribution < -0.4 is 4.90 Å². The molecule has 3 aromatic rings. The van der Waals surface area contributed by atoms with Gasteiger partial charge in [-0.3, -0.25) is 4.90 Å². The Kier molecular flexibility index (Phi) is 4.60. The number of fused-ring (bicyclic) bond motifs is 1. The fourth-order valence-electron chi connectivity index (χ4n) is 3.55. The number of aryl methyl sites for hydroxylation is 1. The lowest BCUT2D eigenvalue weighted by molar-refractivity contribution is 0.249. The number of rotatable bonds is 3. The molecule has 0 unspecified atom stereocenters. The number of hydrogen-bond acceptors (Lipinski definition) is 3. The summed E-state index contributed by atoms with van der Waals surface area (Å²) in [5.41, 5.74) is 4.77. The average Bonchev–Trinajstić information content (AvgIpc) is 2.63. The molecular formula is C21H22ClN3. The summed E-state index contributed by atoms with van der Waals surface area (Å²) in [6, 6.07) is 18.9. The second-order valence-corrected chi connectivity index (χ2v) is 7.04. The van der Waals surface area contributed by atoms with E-state index in [4.69, 9.17) is 11.6 Å². The Morgan fingerprint density at radius 3 is 2.48 bits per heavy atom. The first-order chi connectivity index (χ1) is 12.2. The quantitative estimate of drug-likeness (QED) is 0.647. The van der Waals surface area contributed by atoms with Gasteiger partial charge in [-0.1, -0.05) is 48.0 Å². The van der Waals surface area contributed by atoms with Crippen molar-refractivity contribution in [2.24, 2.45) is 0 Å². The second-order valence-electron chi connectivity index (χ2n) is 6.68. The molecule has 1 aliphatic rings. The van der Waals surface area contributed by atoms with Crippen molar-refractivity contribution >= 4 is 28.2 Å². The molecule has 0 bridgehead atoms. The van der Waals surface area contributed by atoms with E-state index in [1.165, 1.54) is 11.3 Å². The number of hydrogen-bond donors (Lipinski definition) is 0. The monoisotopic (exact) mass is 351 g/mol. The Labute approximate surface area is 153 Å². The summed E-state index contributed by atoms with van der Waals surface area (Å²) in [5.74, 6) is 0. The zero-order valence-corrected chi connectivity index (χ0v) is 15.2. The predicted molar refractivity (Wildman–Crippen MR) is 105 cm³/mol. The zero-order valence-electron chi connectivity index (χ0n) is 14.5. The van der Waals surface area contributed by atoms with E-state index in [9.17, 15) is 0 Å². The Hall–Kier alpha value is -2.10. The van der Waals surface area contributed by atoms with Crippen LogP contribution in [0.2, 0.25) is 5.15 Å². The van der Waals surface area contributed by atoms with E-state index < -0.39 is 0 Å². The van der Waals surface area contributed by atoms with Crippen LogP contribution in [0.25, 0.3) is 10.9 Å². The Bertz CT molecular complexity index is 885. The minimum absolute atomic E-state index is 0.625. The van der Waals surface area contributed by atoms with Gasteiger partial charge in [-0.25, -0.2) is 4.98 Å². The third-order valence-corrected chi connectivity index (χ3v) is 5.30. The largest absolute Gasteiger partial charge is 0.369 e. The van der Waals surface area contributed by atoms with Crippen LogP contribution in [-0.2, 0) is 6.54 Å². The maximum atomic E-state index is 6.42. The molecule has 1 aromatic heterocycles. The molecule has 0 amide bonds. The molecule has 1 fully saturated rings. The van der Waals surface area contributed by atoms with E-state index in [2.05, 4.69) is 58.1 Å². The van der Waals surface area contributed by atoms with Gasteiger partial charge in [-0.05, 0) is 30.7 Å². The van der Waals surface area contributed by atoms with Gasteiger partial charge in [0.15, 0.2) is 0 Å². The van der Waals surface area contributed by atoms with Crippen molar-refractivity contribution in [2.45, 2.75) is 13.5 Å². The first kappa shape index (κ1) is 16.4. The summed E-state index contributed by atoms with van der Waals surface area (Å²) >= 11 is 6.42. The molecule has 0 atom stereocenters. The SMILES string of the molecule is Cc1ccccc1N1CCN(Cc2cc3ccccc3nc2Cl)CC1. The van der Waals surface area contributed by atoms with Gasteiger partial charge in [0.2, 0.25) is 0 Å². The van der Waals surface area contributed by atoms with E-state index in [0.717, 1.165) is 49.2 Å². The Morgan fingerprint density at radius 2 is 1.68 bits per heavy atom. The normalized spacial score (nSPS) is 15.7. The molecule has 0 radical (unpaired) electrons. The van der Waals surface area contributed by atoms with Gasteiger partial charge in [-0.2, -0.15) is 0 Å². The van der Waals surface area contributed by atoms with Crippen LogP contribution in [-0.4, -0.2) is 36.1 Å². The van der Waals surface area contributed by atoms with E-state index in [0.29, 0.717) is 5.15 Å². The van der Waals surface area contributed by atoms with Gasteiger partial charge < -0.3 is 4.90 Å². The van der Waals surface area contributed by atoms with Gasteiger partial charge in [0.05, 0.1) is 5.52 Å². The molecule has 1 saturated heterocycles. The van der Waals surface area contributed by atoms with Crippen molar-refractivity contribution in [3.8, 4) is 0 Å². The number of halogens is 1. The third kappa shape index (κ3) is 3.48. The molecule has 128 valence electrons. The molecule has 3 nitrogen and oxygen atoms in total. The topological polar surface area (TPSA) is 19.4 Å². The molecule has 1 aliphatic heterocycles. The zero-order chi connectivity index (χ0) is 17.2. The molecule has 2 heterocycles. The van der Waals surface area contributed by atoms with Gasteiger partial charge >= 0.3 is 0 Å². The molecule has 4 heteroatoms. The minimum atomic E-state index is 0.625. The van der Waals surface area contributed by atoms with Crippen LogP contribution >= 0.6 is 11.6 Å². The van der Waals surface area contributed by atoms with E-state index in [-0.39, 0.29) is 0 Å². The van der Waals surface area contributed by atoms with Crippen LogP contribution in [0.15, 0.2) is 54.6 Å². The van der Waals surface area contributed by atoms with E-state index in [1.807, 2.05) is 18.2 Å². The van der Waals surface area contributed by atoms with E-state index >= 15 is 0 Å². The molecule has 0 aliphatic carbocycles. The number of nitrogens with zero attached hydrogens (tertiary/aromatic N) is 3. The summed E-state index contributed by atoms with van der Waals surface area (Å²) in [6.07, 6.45) is 0. The number of para-hydroxylation sites is 2. The molecular weight excluding hydrogens is 330 g/mol. The van der Waals surface area contributed by atoms with Gasteiger partial charge in [0.1, 0.15) is 5.15 Å². The van der Waals surface area contributed by atoms with Crippen molar-refractivity contribution in [1.82, 2.24) is 9.88 Å². The van der Waals surface area contributed by atoms with Crippen molar-refractivity contribution in [3.05, 3.63) is 70.9 Å². The van der Waals surface area contributed by atoms with Crippen LogP contribution in [0, 0.1) is 6.92 Å². The van der Waals surface area contributed by atoms with Crippen LogP contribution in [0.1, 0.15) is 11.1 Å². The second kappa shape index (κ2) is 7.03. The number of piperazine rings is 1. The smallest absolute Gasteiger partial charge is 0.134 e. The average molecular weight is 352 g/mol. The van der Waals surface area contributed by atoms with Crippen molar-refractivity contribution in [3.63, 3.8) is 0 Å². The third-order valence-electron chi connectivity index (χ3n) is 4.97. The van der Waals surface area contributed by atoms with Crippen LogP contribution in [0.5, 0.6) is 0 Å². The van der Waals surface area contributed by atoms with Crippen LogP contribution in [0.4, 0.5) is 5.69 Å². The first-order valence-electron chi connectivity index (χ1n) is 8.78. The van der Waals surface area contributed by atoms with Crippen LogP contribution in [0.3, 0.4) is 0 Å². The molecule has 4 rings (SSSR count). The first-order valence-corrected chi connectivity index (χ1v) is 9.15. The van der Waals surface area contributed by atoms with Crippen molar-refractivity contribution in [2.75, 3.05) is 31.1 Å². The number of pyridine rings is 1. The summed E-state index contributed by atoms with van der Waals surface area (Å²) in [5, 5.41) is 1.78. The Morgan fingerprint density at radius 1 is 0.960 bits per heavy atom. The predicted octanol–water partition coefficient (Wildman–Crippen LogP) is 4.52. The highest BCUT2D eigenvalue weighted by Crippen LogP contribution is 2.24. The number of benzene rings is 2. The number of anilines is 1. The van der Waals surface area contributed by atoms with Crippen molar-refractivity contribution < 1.29 is 0 Å². The Balaban J connectivity index is 1.45. The lowest BCUT2D eigenvalue weighted by Gasteiger charge is -2.36. The van der Waals surface area contributed by atoms with Gasteiger partial charge in [0.25, 0.3) is 0 Å². The fourth-order valence-corrected chi connectivity index (χ4v) is 3.76. The molecule has 25 heavy (non-hydrogen) atoms. The standard InChI is InChI=1S/C21H22ClN3/c1-16-6-2-5-9-20(16)25-12-10-24(11-13-25)15-18-14-17-7-3-4-8-19(17)23-21(18)22/h2-9,14H,10-13,15H2,1H3. The highest BCUT2D eigenvalue weighted by Gasteiger charge is 2.19. The molecule has 2 aromatic carbocycles. The maximum Gasteiger partial charge on any atom is 0.134 e. The molecule has 0 spiro atoms. The summed E-state index contributed by atoms with van der Waals surface area (Å²) in [7, 11) is 0. The highest BCUT2D eigenvalue weighted by atomic mass is 35.5.